The maximum Gasteiger partial charge on any atom is 0.337 e. The van der Waals surface area contributed by atoms with Crippen LogP contribution in [0.3, 0.4) is 0 Å². The number of aromatic carboxylic acids is 1. The zero-order chi connectivity index (χ0) is 14.5. The summed E-state index contributed by atoms with van der Waals surface area (Å²) in [6.45, 7) is 0.187. The molecule has 0 unspecified atom stereocenters. The molecule has 0 saturated heterocycles. The van der Waals surface area contributed by atoms with Crippen molar-refractivity contribution in [2.45, 2.75) is 6.54 Å². The van der Waals surface area contributed by atoms with Gasteiger partial charge in [-0.25, -0.2) is 9.59 Å². The summed E-state index contributed by atoms with van der Waals surface area (Å²) in [6.07, 6.45) is 1.47. The Labute approximate surface area is 118 Å². The Balaban J connectivity index is 1.94. The molecule has 0 radical (unpaired) electrons. The third-order valence-electron chi connectivity index (χ3n) is 2.37. The molecule has 1 heterocycles. The van der Waals surface area contributed by atoms with E-state index in [0.717, 1.165) is 0 Å². The summed E-state index contributed by atoms with van der Waals surface area (Å²) >= 11 is 5.79. The highest BCUT2D eigenvalue weighted by Crippen LogP contribution is 2.20. The number of nitrogens with zero attached hydrogens (tertiary/aromatic N) is 1. The molecule has 0 saturated carbocycles. The first-order valence-corrected chi connectivity index (χ1v) is 5.91. The Bertz CT molecular complexity index is 628. The summed E-state index contributed by atoms with van der Waals surface area (Å²) in [5, 5.41) is 17.4. The van der Waals surface area contributed by atoms with Crippen LogP contribution in [0.1, 0.15) is 16.1 Å². The van der Waals surface area contributed by atoms with E-state index in [2.05, 4.69) is 15.8 Å². The van der Waals surface area contributed by atoms with E-state index in [4.69, 9.17) is 21.2 Å². The van der Waals surface area contributed by atoms with Crippen LogP contribution in [0.2, 0.25) is 5.02 Å². The topological polar surface area (TPSA) is 104 Å². The van der Waals surface area contributed by atoms with Gasteiger partial charge in [0.2, 0.25) is 0 Å². The Morgan fingerprint density at radius 1 is 1.35 bits per heavy atom. The van der Waals surface area contributed by atoms with Crippen molar-refractivity contribution in [3.05, 3.63) is 46.8 Å². The van der Waals surface area contributed by atoms with Gasteiger partial charge < -0.3 is 20.3 Å². The van der Waals surface area contributed by atoms with E-state index in [1.807, 2.05) is 0 Å². The van der Waals surface area contributed by atoms with Crippen LogP contribution in [-0.4, -0.2) is 22.3 Å². The van der Waals surface area contributed by atoms with Crippen molar-refractivity contribution in [1.82, 2.24) is 10.5 Å². The zero-order valence-electron chi connectivity index (χ0n) is 10.1. The second-order valence-electron chi connectivity index (χ2n) is 3.79. The highest BCUT2D eigenvalue weighted by molar-refractivity contribution is 6.33. The minimum atomic E-state index is -1.13. The molecule has 2 amide bonds. The fourth-order valence-corrected chi connectivity index (χ4v) is 1.70. The second kappa shape index (κ2) is 6.07. The molecule has 2 aromatic rings. The monoisotopic (exact) mass is 295 g/mol. The van der Waals surface area contributed by atoms with Gasteiger partial charge >= 0.3 is 12.0 Å². The molecular weight excluding hydrogens is 286 g/mol. The Morgan fingerprint density at radius 2 is 2.15 bits per heavy atom. The predicted octanol–water partition coefficient (Wildman–Crippen LogP) is 2.35. The van der Waals surface area contributed by atoms with Crippen molar-refractivity contribution in [3.63, 3.8) is 0 Å². The molecule has 7 nitrogen and oxygen atoms in total. The lowest BCUT2D eigenvalue weighted by Gasteiger charge is -2.07. The van der Waals surface area contributed by atoms with Crippen molar-refractivity contribution >= 4 is 29.3 Å². The van der Waals surface area contributed by atoms with Gasteiger partial charge in [-0.2, -0.15) is 0 Å². The molecule has 0 bridgehead atoms. The number of anilines is 1. The quantitative estimate of drug-likeness (QED) is 0.803. The van der Waals surface area contributed by atoms with Crippen molar-refractivity contribution in [2.24, 2.45) is 0 Å². The minimum absolute atomic E-state index is 0.0284. The van der Waals surface area contributed by atoms with E-state index in [0.29, 0.717) is 11.4 Å². The van der Waals surface area contributed by atoms with Crippen molar-refractivity contribution < 1.29 is 19.2 Å². The van der Waals surface area contributed by atoms with Crippen LogP contribution in [-0.2, 0) is 6.54 Å². The number of halogens is 1. The molecule has 8 heteroatoms. The summed E-state index contributed by atoms with van der Waals surface area (Å²) in [4.78, 5) is 22.4. The molecule has 1 aromatic heterocycles. The average molecular weight is 296 g/mol. The summed E-state index contributed by atoms with van der Waals surface area (Å²) < 4.78 is 4.82. The van der Waals surface area contributed by atoms with E-state index >= 15 is 0 Å². The number of carbonyl (C=O) groups is 2. The van der Waals surface area contributed by atoms with Gasteiger partial charge in [-0.05, 0) is 18.2 Å². The van der Waals surface area contributed by atoms with Gasteiger partial charge in [0, 0.05) is 11.8 Å². The van der Waals surface area contributed by atoms with E-state index < -0.39 is 12.0 Å². The van der Waals surface area contributed by atoms with Crippen LogP contribution >= 0.6 is 11.6 Å². The molecule has 20 heavy (non-hydrogen) atoms. The van der Waals surface area contributed by atoms with Gasteiger partial charge in [-0.15, -0.1) is 0 Å². The third-order valence-corrected chi connectivity index (χ3v) is 2.68. The average Bonchev–Trinajstić information content (AvgIpc) is 2.89. The molecule has 0 aliphatic heterocycles. The molecule has 0 spiro atoms. The summed E-state index contributed by atoms with van der Waals surface area (Å²) in [5.41, 5.74) is 0.356. The summed E-state index contributed by atoms with van der Waals surface area (Å²) in [7, 11) is 0. The van der Waals surface area contributed by atoms with Gasteiger partial charge in [-0.3, -0.25) is 0 Å². The number of benzene rings is 1. The van der Waals surface area contributed by atoms with Crippen LogP contribution in [0.15, 0.2) is 35.0 Å². The highest BCUT2D eigenvalue weighted by Gasteiger charge is 2.10. The number of hydrogen-bond donors (Lipinski definition) is 3. The van der Waals surface area contributed by atoms with Crippen molar-refractivity contribution in [1.29, 1.82) is 0 Å². The van der Waals surface area contributed by atoms with Gasteiger partial charge in [0.05, 0.1) is 23.3 Å². The van der Waals surface area contributed by atoms with Crippen LogP contribution < -0.4 is 10.6 Å². The number of urea groups is 1. The maximum atomic E-state index is 11.6. The number of nitrogens with one attached hydrogen (secondary N) is 2. The van der Waals surface area contributed by atoms with Gasteiger partial charge in [0.15, 0.2) is 5.76 Å². The molecular formula is C12H10ClN3O4. The molecule has 104 valence electrons. The van der Waals surface area contributed by atoms with E-state index in [9.17, 15) is 9.59 Å². The molecule has 0 fully saturated rings. The molecule has 2 rings (SSSR count). The normalized spacial score (nSPS) is 10.1. The third kappa shape index (κ3) is 3.48. The fraction of sp³-hybridized carbons (Fsp3) is 0.0833. The number of hydrogen-bond acceptors (Lipinski definition) is 4. The number of carboxylic acid groups (broad SMARTS) is 1. The van der Waals surface area contributed by atoms with E-state index in [1.165, 1.54) is 24.4 Å². The molecule has 0 aliphatic rings. The Hall–Kier alpha value is -2.54. The van der Waals surface area contributed by atoms with Gasteiger partial charge in [0.25, 0.3) is 0 Å². The number of amides is 2. The molecule has 0 aliphatic carbocycles. The van der Waals surface area contributed by atoms with Crippen LogP contribution in [0.5, 0.6) is 0 Å². The standard InChI is InChI=1S/C12H10ClN3O4/c13-10-5-7(1-2-9(10)11(17)18)16-12(19)14-6-8-3-4-15-20-8/h1-5H,6H2,(H,17,18)(H2,14,16,19). The zero-order valence-corrected chi connectivity index (χ0v) is 10.8. The fourth-order valence-electron chi connectivity index (χ4n) is 1.44. The predicted molar refractivity (Wildman–Crippen MR) is 70.8 cm³/mol. The summed E-state index contributed by atoms with van der Waals surface area (Å²) in [6, 6.07) is 5.28. The largest absolute Gasteiger partial charge is 0.478 e. The smallest absolute Gasteiger partial charge is 0.337 e. The first-order valence-electron chi connectivity index (χ1n) is 5.53. The van der Waals surface area contributed by atoms with Gasteiger partial charge in [0.1, 0.15) is 0 Å². The second-order valence-corrected chi connectivity index (χ2v) is 4.19. The van der Waals surface area contributed by atoms with E-state index in [-0.39, 0.29) is 17.1 Å². The Kier molecular flexibility index (Phi) is 4.21. The first-order chi connectivity index (χ1) is 9.56. The van der Waals surface area contributed by atoms with Crippen LogP contribution in [0, 0.1) is 0 Å². The lowest BCUT2D eigenvalue weighted by Crippen LogP contribution is -2.28. The van der Waals surface area contributed by atoms with Crippen LogP contribution in [0.25, 0.3) is 0 Å². The lowest BCUT2D eigenvalue weighted by molar-refractivity contribution is 0.0697. The van der Waals surface area contributed by atoms with Gasteiger partial charge in [-0.1, -0.05) is 16.8 Å². The minimum Gasteiger partial charge on any atom is -0.478 e. The number of carboxylic acids is 1. The number of carbonyl (C=O) groups excluding carboxylic acids is 1. The number of aromatic nitrogens is 1. The summed E-state index contributed by atoms with van der Waals surface area (Å²) in [5.74, 6) is -0.615. The molecule has 3 N–H and O–H groups in total. The van der Waals surface area contributed by atoms with Crippen molar-refractivity contribution in [2.75, 3.05) is 5.32 Å². The first kappa shape index (κ1) is 13.9. The van der Waals surface area contributed by atoms with Crippen LogP contribution in [0.4, 0.5) is 10.5 Å². The maximum absolute atomic E-state index is 11.6. The molecule has 1 aromatic carbocycles. The SMILES string of the molecule is O=C(NCc1ccno1)Nc1ccc(C(=O)O)c(Cl)c1. The number of rotatable bonds is 4. The van der Waals surface area contributed by atoms with Crippen molar-refractivity contribution in [3.8, 4) is 0 Å². The molecule has 0 atom stereocenters. The lowest BCUT2D eigenvalue weighted by atomic mass is 10.2. The van der Waals surface area contributed by atoms with E-state index in [1.54, 1.807) is 6.07 Å². The Morgan fingerprint density at radius 3 is 2.75 bits per heavy atom. The highest BCUT2D eigenvalue weighted by atomic mass is 35.5.